The van der Waals surface area contributed by atoms with Gasteiger partial charge in [-0.05, 0) is 31.9 Å². The van der Waals surface area contributed by atoms with Crippen molar-refractivity contribution in [3.05, 3.63) is 34.5 Å². The summed E-state index contributed by atoms with van der Waals surface area (Å²) in [6, 6.07) is 5.66. The molecule has 0 aliphatic heterocycles. The molecule has 0 unspecified atom stereocenters. The highest BCUT2D eigenvalue weighted by atomic mass is 35.5. The van der Waals surface area contributed by atoms with E-state index in [1.54, 1.807) is 0 Å². The normalized spacial score (nSPS) is 21.0. The van der Waals surface area contributed by atoms with Gasteiger partial charge in [0.05, 0.1) is 10.9 Å². The van der Waals surface area contributed by atoms with Crippen molar-refractivity contribution in [1.29, 1.82) is 0 Å². The van der Waals surface area contributed by atoms with Gasteiger partial charge in [0.2, 0.25) is 0 Å². The van der Waals surface area contributed by atoms with Gasteiger partial charge in [-0.15, -0.1) is 0 Å². The van der Waals surface area contributed by atoms with Crippen molar-refractivity contribution in [3.63, 3.8) is 0 Å². The number of carbonyl (C=O) groups is 2. The summed E-state index contributed by atoms with van der Waals surface area (Å²) in [6.07, 6.45) is 0.941. The molecule has 5 nitrogen and oxygen atoms in total. The lowest BCUT2D eigenvalue weighted by Gasteiger charge is -2.32. The minimum absolute atomic E-state index is 0.0946. The van der Waals surface area contributed by atoms with E-state index < -0.39 is 5.97 Å². The number of rotatable bonds is 3. The summed E-state index contributed by atoms with van der Waals surface area (Å²) in [4.78, 5) is 26.0. The van der Waals surface area contributed by atoms with E-state index in [2.05, 4.69) is 10.3 Å². The molecule has 3 rings (SSSR count). The number of aryl methyl sites for hydroxylation is 1. The Balaban J connectivity index is 1.76. The number of hydrogen-bond donors (Lipinski definition) is 3. The van der Waals surface area contributed by atoms with Crippen molar-refractivity contribution in [3.8, 4) is 0 Å². The SMILES string of the molecule is Cc1ccc2[nH]c(C(=O)NC3CC(C(=O)O)C3)c(Cl)c2c1. The fraction of sp³-hybridized carbons (Fsp3) is 0.333. The Labute approximate surface area is 126 Å². The summed E-state index contributed by atoms with van der Waals surface area (Å²) in [7, 11) is 0. The Bertz CT molecular complexity index is 732. The lowest BCUT2D eigenvalue weighted by Crippen LogP contribution is -2.46. The van der Waals surface area contributed by atoms with Gasteiger partial charge in [0.25, 0.3) is 5.91 Å². The number of nitrogens with one attached hydrogen (secondary N) is 2. The van der Waals surface area contributed by atoms with Crippen LogP contribution in [-0.4, -0.2) is 28.0 Å². The molecular formula is C15H15ClN2O3. The molecule has 2 aromatic rings. The monoisotopic (exact) mass is 306 g/mol. The highest BCUT2D eigenvalue weighted by molar-refractivity contribution is 6.38. The summed E-state index contributed by atoms with van der Waals surface area (Å²) in [6.45, 7) is 1.96. The van der Waals surface area contributed by atoms with E-state index in [0.717, 1.165) is 16.5 Å². The van der Waals surface area contributed by atoms with Gasteiger partial charge in [0.15, 0.2) is 0 Å². The second kappa shape index (κ2) is 5.07. The number of hydrogen-bond acceptors (Lipinski definition) is 2. The van der Waals surface area contributed by atoms with E-state index in [9.17, 15) is 9.59 Å². The molecule has 1 fully saturated rings. The fourth-order valence-corrected chi connectivity index (χ4v) is 2.91. The summed E-state index contributed by atoms with van der Waals surface area (Å²) in [5.74, 6) is -1.45. The van der Waals surface area contributed by atoms with Crippen LogP contribution < -0.4 is 5.32 Å². The van der Waals surface area contributed by atoms with Crippen LogP contribution in [0.4, 0.5) is 0 Å². The third kappa shape index (κ3) is 2.49. The maximum atomic E-state index is 12.2. The van der Waals surface area contributed by atoms with Crippen LogP contribution >= 0.6 is 11.6 Å². The van der Waals surface area contributed by atoms with Crippen LogP contribution in [0.1, 0.15) is 28.9 Å². The number of benzene rings is 1. The maximum absolute atomic E-state index is 12.2. The zero-order valence-electron chi connectivity index (χ0n) is 11.4. The van der Waals surface area contributed by atoms with Gasteiger partial charge in [-0.2, -0.15) is 0 Å². The molecule has 0 saturated heterocycles. The Morgan fingerprint density at radius 2 is 2.10 bits per heavy atom. The number of carboxylic acid groups (broad SMARTS) is 1. The van der Waals surface area contributed by atoms with Crippen LogP contribution in [-0.2, 0) is 4.79 Å². The zero-order valence-corrected chi connectivity index (χ0v) is 12.2. The predicted octanol–water partition coefficient (Wildman–Crippen LogP) is 2.72. The van der Waals surface area contributed by atoms with E-state index in [-0.39, 0.29) is 17.9 Å². The molecule has 0 spiro atoms. The molecular weight excluding hydrogens is 292 g/mol. The van der Waals surface area contributed by atoms with Crippen molar-refractivity contribution >= 4 is 34.4 Å². The third-order valence-electron chi connectivity index (χ3n) is 3.94. The standard InChI is InChI=1S/C15H15ClN2O3/c1-7-2-3-11-10(4-7)12(16)13(18-11)14(19)17-9-5-8(6-9)15(20)21/h2-4,8-9,18H,5-6H2,1H3,(H,17,19)(H,20,21). The van der Waals surface area contributed by atoms with Crippen LogP contribution in [0.25, 0.3) is 10.9 Å². The number of aromatic nitrogens is 1. The molecule has 110 valence electrons. The second-order valence-corrected chi connectivity index (χ2v) is 5.92. The van der Waals surface area contributed by atoms with Crippen LogP contribution in [0.2, 0.25) is 5.02 Å². The van der Waals surface area contributed by atoms with Gasteiger partial charge in [-0.25, -0.2) is 0 Å². The van der Waals surface area contributed by atoms with Crippen LogP contribution in [0.3, 0.4) is 0 Å². The Hall–Kier alpha value is -2.01. The lowest BCUT2D eigenvalue weighted by molar-refractivity contribution is -0.145. The number of fused-ring (bicyclic) bond motifs is 1. The molecule has 0 bridgehead atoms. The lowest BCUT2D eigenvalue weighted by atomic mass is 9.80. The Morgan fingerprint density at radius 3 is 2.76 bits per heavy atom. The number of aromatic amines is 1. The molecule has 21 heavy (non-hydrogen) atoms. The number of halogens is 1. The van der Waals surface area contributed by atoms with Crippen molar-refractivity contribution < 1.29 is 14.7 Å². The fourth-order valence-electron chi connectivity index (χ4n) is 2.62. The molecule has 1 amide bonds. The minimum Gasteiger partial charge on any atom is -0.481 e. The first-order valence-corrected chi connectivity index (χ1v) is 7.15. The van der Waals surface area contributed by atoms with Crippen LogP contribution in [0.15, 0.2) is 18.2 Å². The number of H-pyrrole nitrogens is 1. The Morgan fingerprint density at radius 1 is 1.38 bits per heavy atom. The van der Waals surface area contributed by atoms with Gasteiger partial charge in [0, 0.05) is 16.9 Å². The maximum Gasteiger partial charge on any atom is 0.306 e. The highest BCUT2D eigenvalue weighted by Crippen LogP contribution is 2.30. The molecule has 0 radical (unpaired) electrons. The van der Waals surface area contributed by atoms with Gasteiger partial charge < -0.3 is 15.4 Å². The van der Waals surface area contributed by atoms with Gasteiger partial charge in [-0.1, -0.05) is 23.2 Å². The molecule has 1 aromatic carbocycles. The van der Waals surface area contributed by atoms with E-state index in [1.165, 1.54) is 0 Å². The average molecular weight is 307 g/mol. The minimum atomic E-state index is -0.806. The smallest absolute Gasteiger partial charge is 0.306 e. The zero-order chi connectivity index (χ0) is 15.1. The molecule has 3 N–H and O–H groups in total. The van der Waals surface area contributed by atoms with Gasteiger partial charge >= 0.3 is 5.97 Å². The van der Waals surface area contributed by atoms with E-state index in [0.29, 0.717) is 23.6 Å². The largest absolute Gasteiger partial charge is 0.481 e. The highest BCUT2D eigenvalue weighted by Gasteiger charge is 2.35. The van der Waals surface area contributed by atoms with Crippen LogP contribution in [0.5, 0.6) is 0 Å². The molecule has 1 aliphatic rings. The average Bonchev–Trinajstić information content (AvgIpc) is 2.70. The topological polar surface area (TPSA) is 82.2 Å². The number of carboxylic acids is 1. The quantitative estimate of drug-likeness (QED) is 0.815. The molecule has 1 saturated carbocycles. The molecule has 1 heterocycles. The predicted molar refractivity (Wildman–Crippen MR) is 79.7 cm³/mol. The summed E-state index contributed by atoms with van der Waals surface area (Å²) >= 11 is 6.26. The van der Waals surface area contributed by atoms with Gasteiger partial charge in [-0.3, -0.25) is 9.59 Å². The van der Waals surface area contributed by atoms with Crippen molar-refractivity contribution in [2.75, 3.05) is 0 Å². The molecule has 0 atom stereocenters. The van der Waals surface area contributed by atoms with Crippen molar-refractivity contribution in [1.82, 2.24) is 10.3 Å². The van der Waals surface area contributed by atoms with E-state index >= 15 is 0 Å². The summed E-state index contributed by atoms with van der Waals surface area (Å²) in [5, 5.41) is 12.9. The second-order valence-electron chi connectivity index (χ2n) is 5.54. The summed E-state index contributed by atoms with van der Waals surface area (Å²) in [5.41, 5.74) is 2.21. The summed E-state index contributed by atoms with van der Waals surface area (Å²) < 4.78 is 0. The third-order valence-corrected chi connectivity index (χ3v) is 4.33. The molecule has 1 aromatic heterocycles. The van der Waals surface area contributed by atoms with Crippen molar-refractivity contribution in [2.45, 2.75) is 25.8 Å². The first-order valence-electron chi connectivity index (χ1n) is 6.77. The number of amides is 1. The number of carbonyl (C=O) groups excluding carboxylic acids is 1. The first-order chi connectivity index (χ1) is 9.95. The van der Waals surface area contributed by atoms with Crippen molar-refractivity contribution in [2.24, 2.45) is 5.92 Å². The molecule has 6 heteroatoms. The van der Waals surface area contributed by atoms with Gasteiger partial charge in [0.1, 0.15) is 5.69 Å². The van der Waals surface area contributed by atoms with Crippen LogP contribution in [0, 0.1) is 12.8 Å². The Kier molecular flexibility index (Phi) is 3.37. The van der Waals surface area contributed by atoms with E-state index in [4.69, 9.17) is 16.7 Å². The molecule has 1 aliphatic carbocycles. The number of aliphatic carboxylic acids is 1. The van der Waals surface area contributed by atoms with E-state index in [1.807, 2.05) is 25.1 Å². The first kappa shape index (κ1) is 13.9.